The molecule has 7 heteroatoms. The molecule has 0 saturated carbocycles. The van der Waals surface area contributed by atoms with Gasteiger partial charge >= 0.3 is 0 Å². The second kappa shape index (κ2) is 6.92. The number of aromatic nitrogens is 3. The number of rotatable bonds is 4. The van der Waals surface area contributed by atoms with E-state index in [4.69, 9.17) is 0 Å². The highest BCUT2D eigenvalue weighted by Gasteiger charge is 2.19. The van der Waals surface area contributed by atoms with Crippen LogP contribution < -0.4 is 5.32 Å². The summed E-state index contributed by atoms with van der Waals surface area (Å²) in [6.45, 7) is 3.88. The Kier molecular flexibility index (Phi) is 4.45. The summed E-state index contributed by atoms with van der Waals surface area (Å²) in [6, 6.07) is 16.5. The zero-order valence-electron chi connectivity index (χ0n) is 14.9. The first-order valence-electron chi connectivity index (χ1n) is 8.53. The number of phenols is 1. The molecule has 2 aromatic heterocycles. The molecule has 4 aromatic rings. The van der Waals surface area contributed by atoms with E-state index in [1.54, 1.807) is 12.1 Å². The van der Waals surface area contributed by atoms with E-state index in [0.717, 1.165) is 22.1 Å². The van der Waals surface area contributed by atoms with Crippen LogP contribution in [-0.2, 0) is 4.79 Å². The van der Waals surface area contributed by atoms with E-state index in [0.29, 0.717) is 10.8 Å². The molecule has 0 radical (unpaired) electrons. The highest BCUT2D eigenvalue weighted by atomic mass is 32.2. The van der Waals surface area contributed by atoms with Crippen LogP contribution in [0.1, 0.15) is 12.5 Å². The number of anilines is 1. The molecule has 0 fully saturated rings. The maximum Gasteiger partial charge on any atom is 0.237 e. The van der Waals surface area contributed by atoms with Crippen LogP contribution in [0.4, 0.5) is 5.69 Å². The lowest BCUT2D eigenvalue weighted by molar-refractivity contribution is -0.115. The van der Waals surface area contributed by atoms with Crippen LogP contribution >= 0.6 is 11.8 Å². The van der Waals surface area contributed by atoms with Gasteiger partial charge < -0.3 is 10.4 Å². The number of thioether (sulfide) groups is 1. The number of hydrogen-bond acceptors (Lipinski definition) is 5. The number of hydrogen-bond donors (Lipinski definition) is 2. The zero-order chi connectivity index (χ0) is 19.0. The Morgan fingerprint density at radius 1 is 1.15 bits per heavy atom. The SMILES string of the molecule is Cc1cc2nnc(SC(C)C(=O)Nc3ccc(O)cc3)n2c2ccccc12. The van der Waals surface area contributed by atoms with Gasteiger partial charge in [-0.25, -0.2) is 0 Å². The number of amides is 1. The number of benzene rings is 2. The molecule has 2 N–H and O–H groups in total. The molecule has 0 aliphatic heterocycles. The van der Waals surface area contributed by atoms with E-state index in [-0.39, 0.29) is 16.9 Å². The summed E-state index contributed by atoms with van der Waals surface area (Å²) >= 11 is 1.36. The summed E-state index contributed by atoms with van der Waals surface area (Å²) < 4.78 is 1.98. The smallest absolute Gasteiger partial charge is 0.237 e. The molecule has 6 nitrogen and oxygen atoms in total. The quantitative estimate of drug-likeness (QED) is 0.414. The zero-order valence-corrected chi connectivity index (χ0v) is 15.7. The predicted molar refractivity (Wildman–Crippen MR) is 107 cm³/mol. The Balaban J connectivity index is 1.62. The van der Waals surface area contributed by atoms with Crippen molar-refractivity contribution in [2.24, 2.45) is 0 Å². The van der Waals surface area contributed by atoms with E-state index >= 15 is 0 Å². The lowest BCUT2D eigenvalue weighted by Gasteiger charge is -2.12. The predicted octanol–water partition coefficient (Wildman–Crippen LogP) is 4.02. The van der Waals surface area contributed by atoms with Gasteiger partial charge in [-0.15, -0.1) is 10.2 Å². The first-order valence-corrected chi connectivity index (χ1v) is 9.41. The second-order valence-electron chi connectivity index (χ2n) is 6.32. The summed E-state index contributed by atoms with van der Waals surface area (Å²) in [4.78, 5) is 12.5. The number of nitrogens with zero attached hydrogens (tertiary/aromatic N) is 3. The van der Waals surface area contributed by atoms with Gasteiger partial charge in [-0.1, -0.05) is 30.0 Å². The highest BCUT2D eigenvalue weighted by molar-refractivity contribution is 8.00. The van der Waals surface area contributed by atoms with Crippen molar-refractivity contribution in [1.29, 1.82) is 0 Å². The van der Waals surface area contributed by atoms with Crippen LogP contribution in [0.25, 0.3) is 16.6 Å². The molecule has 4 rings (SSSR count). The number of pyridine rings is 1. The van der Waals surface area contributed by atoms with Gasteiger partial charge in [0, 0.05) is 11.1 Å². The minimum Gasteiger partial charge on any atom is -0.508 e. The average molecular weight is 378 g/mol. The Morgan fingerprint density at radius 3 is 2.67 bits per heavy atom. The van der Waals surface area contributed by atoms with Gasteiger partial charge in [-0.3, -0.25) is 9.20 Å². The van der Waals surface area contributed by atoms with Crippen LogP contribution in [0.15, 0.2) is 59.8 Å². The Bertz CT molecular complexity index is 1140. The van der Waals surface area contributed by atoms with E-state index < -0.39 is 0 Å². The fourth-order valence-electron chi connectivity index (χ4n) is 2.95. The summed E-state index contributed by atoms with van der Waals surface area (Å²) in [7, 11) is 0. The van der Waals surface area contributed by atoms with Crippen molar-refractivity contribution in [1.82, 2.24) is 14.6 Å². The molecule has 0 bridgehead atoms. The molecule has 1 amide bonds. The summed E-state index contributed by atoms with van der Waals surface area (Å²) in [5.74, 6) is 0.0198. The van der Waals surface area contributed by atoms with Gasteiger partial charge in [0.15, 0.2) is 10.8 Å². The monoisotopic (exact) mass is 378 g/mol. The van der Waals surface area contributed by atoms with E-state index in [1.807, 2.05) is 35.6 Å². The standard InChI is InChI=1S/C20H18N4O2S/c1-12-11-18-22-23-20(24(18)17-6-4-3-5-16(12)17)27-13(2)19(26)21-14-7-9-15(25)10-8-14/h3-11,13,25H,1-2H3,(H,21,26). The van der Waals surface area contributed by atoms with Crippen molar-refractivity contribution in [3.05, 3.63) is 60.2 Å². The number of aryl methyl sites for hydroxylation is 1. The van der Waals surface area contributed by atoms with Gasteiger partial charge in [0.1, 0.15) is 5.75 Å². The number of carbonyl (C=O) groups is 1. The first kappa shape index (κ1) is 17.4. The minimum atomic E-state index is -0.369. The van der Waals surface area contributed by atoms with Crippen LogP contribution in [-0.4, -0.2) is 30.9 Å². The Hall–Kier alpha value is -3.06. The number of phenolic OH excluding ortho intramolecular Hbond substituents is 1. The number of aromatic hydroxyl groups is 1. The van der Waals surface area contributed by atoms with Gasteiger partial charge in [0.05, 0.1) is 10.8 Å². The third kappa shape index (κ3) is 3.33. The van der Waals surface area contributed by atoms with Gasteiger partial charge in [-0.05, 0) is 55.8 Å². The third-order valence-corrected chi connectivity index (χ3v) is 5.40. The van der Waals surface area contributed by atoms with E-state index in [1.165, 1.54) is 23.9 Å². The topological polar surface area (TPSA) is 79.5 Å². The molecule has 1 atom stereocenters. The molecule has 2 aromatic carbocycles. The van der Waals surface area contributed by atoms with E-state index in [2.05, 4.69) is 28.5 Å². The van der Waals surface area contributed by atoms with Crippen LogP contribution in [0.3, 0.4) is 0 Å². The Labute approximate surface area is 160 Å². The summed E-state index contributed by atoms with van der Waals surface area (Å²) in [6.07, 6.45) is 0. The number of para-hydroxylation sites is 1. The number of carbonyl (C=O) groups excluding carboxylic acids is 1. The maximum absolute atomic E-state index is 12.5. The molecule has 27 heavy (non-hydrogen) atoms. The maximum atomic E-state index is 12.5. The van der Waals surface area contributed by atoms with Gasteiger partial charge in [0.2, 0.25) is 5.91 Å². The first-order chi connectivity index (χ1) is 13.0. The molecule has 2 heterocycles. The largest absolute Gasteiger partial charge is 0.508 e. The molecule has 136 valence electrons. The number of nitrogens with one attached hydrogen (secondary N) is 1. The highest BCUT2D eigenvalue weighted by Crippen LogP contribution is 2.28. The Morgan fingerprint density at radius 2 is 1.89 bits per heavy atom. The van der Waals surface area contributed by atoms with E-state index in [9.17, 15) is 9.90 Å². The fraction of sp³-hybridized carbons (Fsp3) is 0.150. The molecule has 0 saturated heterocycles. The lowest BCUT2D eigenvalue weighted by Crippen LogP contribution is -2.22. The summed E-state index contributed by atoms with van der Waals surface area (Å²) in [5.41, 5.74) is 3.56. The van der Waals surface area contributed by atoms with Crippen LogP contribution in [0, 0.1) is 6.92 Å². The third-order valence-electron chi connectivity index (χ3n) is 4.36. The lowest BCUT2D eigenvalue weighted by atomic mass is 10.1. The van der Waals surface area contributed by atoms with Crippen molar-refractivity contribution in [2.45, 2.75) is 24.3 Å². The number of fused-ring (bicyclic) bond motifs is 3. The molecule has 0 aliphatic rings. The van der Waals surface area contributed by atoms with Gasteiger partial charge in [0.25, 0.3) is 0 Å². The van der Waals surface area contributed by atoms with Crippen LogP contribution in [0.2, 0.25) is 0 Å². The fourth-order valence-corrected chi connectivity index (χ4v) is 3.82. The second-order valence-corrected chi connectivity index (χ2v) is 7.62. The van der Waals surface area contributed by atoms with Crippen molar-refractivity contribution in [3.8, 4) is 5.75 Å². The molecule has 0 aliphatic carbocycles. The van der Waals surface area contributed by atoms with Crippen molar-refractivity contribution in [2.75, 3.05) is 5.32 Å². The molecule has 1 unspecified atom stereocenters. The molecule has 0 spiro atoms. The van der Waals surface area contributed by atoms with Crippen molar-refractivity contribution in [3.63, 3.8) is 0 Å². The molecular weight excluding hydrogens is 360 g/mol. The minimum absolute atomic E-state index is 0.140. The molecular formula is C20H18N4O2S. The normalized spacial score (nSPS) is 12.4. The van der Waals surface area contributed by atoms with Crippen LogP contribution in [0.5, 0.6) is 5.75 Å². The van der Waals surface area contributed by atoms with Crippen molar-refractivity contribution >= 4 is 39.9 Å². The average Bonchev–Trinajstić information content (AvgIpc) is 3.06. The summed E-state index contributed by atoms with van der Waals surface area (Å²) in [5, 5.41) is 22.2. The van der Waals surface area contributed by atoms with Gasteiger partial charge in [-0.2, -0.15) is 0 Å². The van der Waals surface area contributed by atoms with Crippen molar-refractivity contribution < 1.29 is 9.90 Å².